The molecule has 15 nitrogen and oxygen atoms in total. The van der Waals surface area contributed by atoms with E-state index >= 15 is 0 Å². The number of fused-ring (bicyclic) bond motifs is 1. The molecule has 0 saturated carbocycles. The lowest BCUT2D eigenvalue weighted by Gasteiger charge is -2.49. The van der Waals surface area contributed by atoms with Gasteiger partial charge in [-0.05, 0) is 88.9 Å². The van der Waals surface area contributed by atoms with E-state index in [1.807, 2.05) is 66.7 Å². The Bertz CT molecular complexity index is 2490. The number of allylic oxidation sites excluding steroid dienone is 1. The molecule has 0 unspecified atom stereocenters. The normalized spacial score (nSPS) is 17.9. The number of rotatable bonds is 12. The molecule has 0 bridgehead atoms. The molecule has 1 aromatic heterocycles. The zero-order valence-corrected chi connectivity index (χ0v) is 37.9. The van der Waals surface area contributed by atoms with Gasteiger partial charge in [0.25, 0.3) is 11.8 Å². The third-order valence-electron chi connectivity index (χ3n) is 10.2. The second kappa shape index (κ2) is 19.4. The van der Waals surface area contributed by atoms with Gasteiger partial charge in [-0.25, -0.2) is 14.4 Å². The maximum absolute atomic E-state index is 14.5. The quantitative estimate of drug-likeness (QED) is 0.0375. The molecule has 4 heterocycles. The minimum Gasteiger partial charge on any atom is -0.448 e. The number of aromatic nitrogens is 1. The third-order valence-corrected chi connectivity index (χ3v) is 11.5. The summed E-state index contributed by atoms with van der Waals surface area (Å²) in [5, 5.41) is 4.87. The van der Waals surface area contributed by atoms with Crippen LogP contribution in [0.4, 0.5) is 15.3 Å². The van der Waals surface area contributed by atoms with E-state index in [9.17, 15) is 28.8 Å². The first-order valence-electron chi connectivity index (χ1n) is 21.2. The standard InChI is InChI=1S/C49H51N5O10S/c1-48(2,3)63-46(59)51-39-43(57)54-40(45(58)62-41(32-16-9-7-10-17-32)33-18-11-8-12-19-33)35(30-65-44(39)54)25-34-22-24-53(42(34)56)28-31-15-14-23-52(27-31)29-38(55)50-36-20-13-21-37(26-36)61-47(60)64-49(4,5)6/h7-21,23,25-27,39,41,44H,22,24,28-30H2,1-6H3,(H-,50,51,55,59)/p+1/b34-25+/t39-,44-/m1/s1. The lowest BCUT2D eigenvalue weighted by atomic mass is 10.00. The molecule has 2 saturated heterocycles. The van der Waals surface area contributed by atoms with E-state index in [1.165, 1.54) is 22.7 Å². The van der Waals surface area contributed by atoms with Crippen LogP contribution < -0.4 is 19.9 Å². The number of pyridine rings is 1. The Morgan fingerprint density at radius 1 is 0.862 bits per heavy atom. The average Bonchev–Trinajstić information content (AvgIpc) is 3.58. The van der Waals surface area contributed by atoms with Gasteiger partial charge in [-0.3, -0.25) is 19.3 Å². The molecule has 7 rings (SSSR count). The van der Waals surface area contributed by atoms with E-state index in [0.29, 0.717) is 29.8 Å². The molecule has 2 atom stereocenters. The second-order valence-corrected chi connectivity index (χ2v) is 18.8. The number of amides is 4. The molecule has 4 aromatic rings. The number of hydrogen-bond donors (Lipinski definition) is 2. The van der Waals surface area contributed by atoms with Gasteiger partial charge in [0.05, 0.1) is 6.54 Å². The number of carbonyl (C=O) groups excluding carboxylic acids is 6. The topological polar surface area (TPSA) is 174 Å². The van der Waals surface area contributed by atoms with Crippen molar-refractivity contribution in [3.05, 3.63) is 149 Å². The summed E-state index contributed by atoms with van der Waals surface area (Å²) >= 11 is 1.36. The molecule has 2 N–H and O–H groups in total. The summed E-state index contributed by atoms with van der Waals surface area (Å²) in [6, 6.07) is 27.7. The summed E-state index contributed by atoms with van der Waals surface area (Å²) in [6.45, 7) is 11.0. The summed E-state index contributed by atoms with van der Waals surface area (Å²) < 4.78 is 23.9. The van der Waals surface area contributed by atoms with E-state index in [0.717, 1.165) is 16.7 Å². The fourth-order valence-corrected chi connectivity index (χ4v) is 8.75. The Kier molecular flexibility index (Phi) is 13.8. The number of nitrogens with one attached hydrogen (secondary N) is 2. The molecule has 3 aliphatic rings. The predicted octanol–water partition coefficient (Wildman–Crippen LogP) is 6.98. The Labute approximate surface area is 381 Å². The second-order valence-electron chi connectivity index (χ2n) is 17.7. The molecule has 2 fully saturated rings. The molecule has 3 aliphatic heterocycles. The van der Waals surface area contributed by atoms with Gasteiger partial charge in [-0.1, -0.05) is 66.7 Å². The van der Waals surface area contributed by atoms with E-state index in [4.69, 9.17) is 18.9 Å². The van der Waals surface area contributed by atoms with Gasteiger partial charge in [0, 0.05) is 41.3 Å². The minimum absolute atomic E-state index is 0.0151. The summed E-state index contributed by atoms with van der Waals surface area (Å²) in [6.07, 6.45) is 3.21. The zero-order valence-electron chi connectivity index (χ0n) is 37.1. The monoisotopic (exact) mass is 902 g/mol. The van der Waals surface area contributed by atoms with Crippen molar-refractivity contribution in [2.45, 2.75) is 89.8 Å². The smallest absolute Gasteiger partial charge is 0.448 e. The number of hydrogen-bond acceptors (Lipinski definition) is 11. The maximum Gasteiger partial charge on any atom is 0.514 e. The number of carbonyl (C=O) groups is 6. The highest BCUT2D eigenvalue weighted by atomic mass is 32.2. The Morgan fingerprint density at radius 3 is 2.20 bits per heavy atom. The molecule has 65 heavy (non-hydrogen) atoms. The van der Waals surface area contributed by atoms with Crippen molar-refractivity contribution in [3.63, 3.8) is 0 Å². The van der Waals surface area contributed by atoms with Crippen LogP contribution in [0.5, 0.6) is 5.75 Å². The molecule has 0 radical (unpaired) electrons. The first-order valence-corrected chi connectivity index (χ1v) is 22.2. The Hall–Kier alpha value is -6.94. The number of nitrogens with zero attached hydrogens (tertiary/aromatic N) is 3. The van der Waals surface area contributed by atoms with Crippen molar-refractivity contribution in [3.8, 4) is 5.75 Å². The van der Waals surface area contributed by atoms with E-state index in [2.05, 4.69) is 10.6 Å². The van der Waals surface area contributed by atoms with Crippen LogP contribution in [0.25, 0.3) is 0 Å². The zero-order chi connectivity index (χ0) is 46.5. The summed E-state index contributed by atoms with van der Waals surface area (Å²) in [7, 11) is 0. The van der Waals surface area contributed by atoms with Crippen LogP contribution in [0.1, 0.15) is 70.8 Å². The molecule has 3 aromatic carbocycles. The number of likely N-dealkylation sites (tertiary alicyclic amines) is 1. The highest BCUT2D eigenvalue weighted by Gasteiger charge is 2.55. The number of thioether (sulfide) groups is 1. The third kappa shape index (κ3) is 11.8. The number of benzene rings is 3. The number of anilines is 1. The Morgan fingerprint density at radius 2 is 1.54 bits per heavy atom. The maximum atomic E-state index is 14.5. The van der Waals surface area contributed by atoms with Gasteiger partial charge in [-0.15, -0.1) is 11.8 Å². The molecule has 0 spiro atoms. The van der Waals surface area contributed by atoms with Crippen LogP contribution >= 0.6 is 11.8 Å². The SMILES string of the molecule is CC(C)(C)OC(=O)N[C@@H]1C(=O)N2C(C(=O)OC(c3ccccc3)c3ccccc3)=C(/C=C3\CCN(Cc4ccc[n+](CC(=O)Nc5cccc(OC(=O)OC(C)(C)C)c5)c4)C3=O)CS[C@H]12. The van der Waals surface area contributed by atoms with E-state index in [1.54, 1.807) is 93.7 Å². The molecular weight excluding hydrogens is 851 g/mol. The van der Waals surface area contributed by atoms with Crippen LogP contribution in [-0.2, 0) is 46.5 Å². The summed E-state index contributed by atoms with van der Waals surface area (Å²) in [5.74, 6) is -1.34. The highest BCUT2D eigenvalue weighted by molar-refractivity contribution is 8.00. The first kappa shape index (κ1) is 46.1. The molecular formula is C49H52N5O10S+. The van der Waals surface area contributed by atoms with Gasteiger partial charge in [0.2, 0.25) is 12.5 Å². The van der Waals surface area contributed by atoms with Gasteiger partial charge in [0.1, 0.15) is 34.1 Å². The van der Waals surface area contributed by atoms with Crippen molar-refractivity contribution in [2.24, 2.45) is 0 Å². The first-order chi connectivity index (χ1) is 30.9. The lowest BCUT2D eigenvalue weighted by molar-refractivity contribution is -0.684. The lowest BCUT2D eigenvalue weighted by Crippen LogP contribution is -2.70. The molecule has 338 valence electrons. The Balaban J connectivity index is 1.07. The number of esters is 1. The van der Waals surface area contributed by atoms with Crippen LogP contribution in [0, 0.1) is 0 Å². The molecule has 0 aliphatic carbocycles. The molecule has 16 heteroatoms. The predicted molar refractivity (Wildman–Crippen MR) is 241 cm³/mol. The van der Waals surface area contributed by atoms with Gasteiger partial charge in [-0.2, -0.15) is 4.57 Å². The summed E-state index contributed by atoms with van der Waals surface area (Å²) in [5.41, 5.74) is 2.09. The van der Waals surface area contributed by atoms with Crippen LogP contribution in [0.3, 0.4) is 0 Å². The van der Waals surface area contributed by atoms with Gasteiger partial charge in [0.15, 0.2) is 18.5 Å². The van der Waals surface area contributed by atoms with Crippen LogP contribution in [0.2, 0.25) is 0 Å². The van der Waals surface area contributed by atoms with E-state index < -0.39 is 52.8 Å². The van der Waals surface area contributed by atoms with Crippen molar-refractivity contribution >= 4 is 53.4 Å². The van der Waals surface area contributed by atoms with Gasteiger partial charge >= 0.3 is 18.2 Å². The average molecular weight is 903 g/mol. The van der Waals surface area contributed by atoms with Crippen LogP contribution in [-0.4, -0.2) is 80.7 Å². The highest BCUT2D eigenvalue weighted by Crippen LogP contribution is 2.43. The minimum atomic E-state index is -0.939. The fraction of sp³-hybridized carbons (Fsp3) is 0.327. The number of alkyl carbamates (subject to hydrolysis) is 1. The number of β-lactam (4-membered cyclic amide) rings is 1. The van der Waals surface area contributed by atoms with Crippen molar-refractivity contribution in [1.82, 2.24) is 15.1 Å². The van der Waals surface area contributed by atoms with Crippen molar-refractivity contribution in [2.75, 3.05) is 17.6 Å². The molecule has 4 amide bonds. The fourth-order valence-electron chi connectivity index (χ4n) is 7.45. The summed E-state index contributed by atoms with van der Waals surface area (Å²) in [4.78, 5) is 83.4. The largest absolute Gasteiger partial charge is 0.514 e. The van der Waals surface area contributed by atoms with Crippen LogP contribution in [0.15, 0.2) is 132 Å². The number of ether oxygens (including phenoxy) is 4. The van der Waals surface area contributed by atoms with E-state index in [-0.39, 0.29) is 42.1 Å². The van der Waals surface area contributed by atoms with Crippen molar-refractivity contribution < 1.29 is 52.3 Å². The van der Waals surface area contributed by atoms with Crippen molar-refractivity contribution in [1.29, 1.82) is 0 Å². The van der Waals surface area contributed by atoms with Gasteiger partial charge < -0.3 is 34.5 Å².